The quantitative estimate of drug-likeness (QED) is 0.342. The van der Waals surface area contributed by atoms with Crippen molar-refractivity contribution in [2.75, 3.05) is 37.0 Å². The number of alkyl halides is 4. The number of amides is 2. The number of anilines is 1. The number of halogens is 4. The lowest BCUT2D eigenvalue weighted by atomic mass is 10.0. The molecular formula is C27H27ClF3N3O4S2. The van der Waals surface area contributed by atoms with Gasteiger partial charge in [0, 0.05) is 36.7 Å². The third-order valence-electron chi connectivity index (χ3n) is 6.77. The van der Waals surface area contributed by atoms with Crippen LogP contribution < -0.4 is 4.90 Å². The van der Waals surface area contributed by atoms with Gasteiger partial charge in [0.1, 0.15) is 11.9 Å². The minimum Gasteiger partial charge on any atom is -0.338 e. The van der Waals surface area contributed by atoms with Crippen molar-refractivity contribution < 1.29 is 31.2 Å². The van der Waals surface area contributed by atoms with E-state index < -0.39 is 45.5 Å². The van der Waals surface area contributed by atoms with Gasteiger partial charge in [0.2, 0.25) is 15.9 Å². The van der Waals surface area contributed by atoms with Crippen LogP contribution in [0.4, 0.5) is 18.9 Å². The number of hydrogen-bond donors (Lipinski definition) is 0. The number of sulfonamides is 1. The van der Waals surface area contributed by atoms with Gasteiger partial charge < -0.3 is 4.90 Å². The van der Waals surface area contributed by atoms with Gasteiger partial charge in [0.15, 0.2) is 0 Å². The summed E-state index contributed by atoms with van der Waals surface area (Å²) >= 11 is 7.08. The summed E-state index contributed by atoms with van der Waals surface area (Å²) in [5.41, 5.74) is -0.296. The Hall–Kier alpha value is -2.93. The van der Waals surface area contributed by atoms with E-state index in [1.165, 1.54) is 51.7 Å². The second-order valence-electron chi connectivity index (χ2n) is 9.31. The molecule has 3 aromatic rings. The first-order chi connectivity index (χ1) is 18.9. The second kappa shape index (κ2) is 11.9. The fourth-order valence-electron chi connectivity index (χ4n) is 4.66. The number of piperazine rings is 1. The predicted molar refractivity (Wildman–Crippen MR) is 148 cm³/mol. The van der Waals surface area contributed by atoms with Gasteiger partial charge in [-0.2, -0.15) is 17.5 Å². The maximum Gasteiger partial charge on any atom is 0.416 e. The van der Waals surface area contributed by atoms with E-state index in [2.05, 4.69) is 0 Å². The van der Waals surface area contributed by atoms with Gasteiger partial charge in [-0.25, -0.2) is 8.42 Å². The zero-order valence-corrected chi connectivity index (χ0v) is 24.1. The van der Waals surface area contributed by atoms with Gasteiger partial charge in [-0.05, 0) is 55.1 Å². The summed E-state index contributed by atoms with van der Waals surface area (Å²) in [6.45, 7) is 3.21. The Morgan fingerprint density at radius 2 is 1.65 bits per heavy atom. The summed E-state index contributed by atoms with van der Waals surface area (Å²) in [5, 5.41) is 1.70. The first-order valence-electron chi connectivity index (χ1n) is 12.3. The zero-order valence-electron chi connectivity index (χ0n) is 21.7. The van der Waals surface area contributed by atoms with E-state index in [1.54, 1.807) is 29.6 Å². The number of nitrogens with zero attached hydrogens (tertiary/aromatic N) is 3. The van der Waals surface area contributed by atoms with Crippen molar-refractivity contribution in [2.24, 2.45) is 0 Å². The summed E-state index contributed by atoms with van der Waals surface area (Å²) in [5.74, 6) is -1.84. The highest BCUT2D eigenvalue weighted by atomic mass is 35.5. The van der Waals surface area contributed by atoms with Crippen LogP contribution in [0.3, 0.4) is 0 Å². The summed E-state index contributed by atoms with van der Waals surface area (Å²) in [4.78, 5) is 30.2. The molecule has 0 bridgehead atoms. The second-order valence-corrected chi connectivity index (χ2v) is 12.5. The summed E-state index contributed by atoms with van der Waals surface area (Å²) in [7, 11) is -3.78. The predicted octanol–water partition coefficient (Wildman–Crippen LogP) is 5.23. The van der Waals surface area contributed by atoms with Crippen molar-refractivity contribution in [3.8, 4) is 0 Å². The van der Waals surface area contributed by atoms with Crippen LogP contribution in [-0.4, -0.2) is 61.5 Å². The molecule has 0 N–H and O–H groups in total. The fraction of sp³-hybridized carbons (Fsp3) is 0.333. The maximum absolute atomic E-state index is 14.0. The first kappa shape index (κ1) is 30.0. The molecule has 0 radical (unpaired) electrons. The number of rotatable bonds is 7. The zero-order chi connectivity index (χ0) is 29.2. The topological polar surface area (TPSA) is 78.0 Å². The van der Waals surface area contributed by atoms with E-state index in [-0.39, 0.29) is 42.3 Å². The third-order valence-corrected chi connectivity index (χ3v) is 9.83. The molecule has 1 saturated heterocycles. The molecule has 13 heteroatoms. The maximum atomic E-state index is 14.0. The molecular weight excluding hydrogens is 587 g/mol. The molecule has 0 saturated carbocycles. The highest BCUT2D eigenvalue weighted by molar-refractivity contribution is 7.89. The van der Waals surface area contributed by atoms with Crippen LogP contribution in [-0.2, 0) is 25.8 Å². The molecule has 214 valence electrons. The summed E-state index contributed by atoms with van der Waals surface area (Å²) < 4.78 is 68.7. The molecule has 1 aromatic heterocycles. The van der Waals surface area contributed by atoms with E-state index in [9.17, 15) is 31.2 Å². The van der Waals surface area contributed by atoms with Gasteiger partial charge in [0.25, 0.3) is 5.91 Å². The highest BCUT2D eigenvalue weighted by Gasteiger charge is 2.40. The van der Waals surface area contributed by atoms with Crippen LogP contribution in [0.25, 0.3) is 0 Å². The molecule has 2 amide bonds. The van der Waals surface area contributed by atoms with Crippen LogP contribution in [0.1, 0.15) is 27.6 Å². The Kier molecular flexibility index (Phi) is 8.93. The number of benzene rings is 2. The molecule has 0 aliphatic carbocycles. The minimum absolute atomic E-state index is 0.0190. The molecule has 7 nitrogen and oxygen atoms in total. The normalized spacial score (nSPS) is 15.6. The van der Waals surface area contributed by atoms with Crippen LogP contribution in [0, 0.1) is 13.8 Å². The molecule has 1 fully saturated rings. The molecule has 0 spiro atoms. The van der Waals surface area contributed by atoms with Gasteiger partial charge in [-0.3, -0.25) is 14.5 Å². The van der Waals surface area contributed by atoms with Gasteiger partial charge in [0.05, 0.1) is 10.5 Å². The van der Waals surface area contributed by atoms with Crippen molar-refractivity contribution in [1.82, 2.24) is 9.21 Å². The first-order valence-corrected chi connectivity index (χ1v) is 15.2. The van der Waals surface area contributed by atoms with E-state index in [0.29, 0.717) is 4.88 Å². The molecule has 1 unspecified atom stereocenters. The van der Waals surface area contributed by atoms with Crippen LogP contribution >= 0.6 is 22.9 Å². The SMILES string of the molecule is Cc1ccc(S(=O)(=O)N2CCN(C(=O)C(c3cccs3)N(C(=O)CCl)c3cccc(C(F)(F)F)c3C)CC2)cc1. The number of hydrogen-bond acceptors (Lipinski definition) is 5. The molecule has 1 aliphatic heterocycles. The Bertz CT molecular complexity index is 1470. The van der Waals surface area contributed by atoms with E-state index in [1.807, 2.05) is 6.92 Å². The standard InChI is InChI=1S/C27H27ClF3N3O4S2/c1-18-8-10-20(11-9-18)40(37,38)33-14-12-32(13-15-33)26(36)25(23-7-4-16-39-23)34(24(35)17-28)22-6-3-5-21(19(22)2)27(29,30)31/h3-11,16,25H,12-15,17H2,1-2H3. The minimum atomic E-state index is -4.67. The average Bonchev–Trinajstić information content (AvgIpc) is 3.45. The van der Waals surface area contributed by atoms with Crippen molar-refractivity contribution in [2.45, 2.75) is 31.0 Å². The van der Waals surface area contributed by atoms with E-state index in [0.717, 1.165) is 16.5 Å². The Morgan fingerprint density at radius 1 is 1.00 bits per heavy atom. The fourth-order valence-corrected chi connectivity index (χ4v) is 7.02. The van der Waals surface area contributed by atoms with Gasteiger partial charge in [-0.1, -0.05) is 29.8 Å². The lowest BCUT2D eigenvalue weighted by Gasteiger charge is -2.39. The lowest BCUT2D eigenvalue weighted by Crippen LogP contribution is -2.54. The molecule has 2 aromatic carbocycles. The lowest BCUT2D eigenvalue weighted by molar-refractivity contribution is -0.138. The van der Waals surface area contributed by atoms with Crippen molar-refractivity contribution in [3.05, 3.63) is 81.5 Å². The third kappa shape index (κ3) is 6.04. The number of carbonyl (C=O) groups is 2. The average molecular weight is 614 g/mol. The van der Waals surface area contributed by atoms with Gasteiger partial charge >= 0.3 is 6.18 Å². The van der Waals surface area contributed by atoms with E-state index >= 15 is 0 Å². The highest BCUT2D eigenvalue weighted by Crippen LogP contribution is 2.39. The molecule has 40 heavy (non-hydrogen) atoms. The molecule has 1 aliphatic rings. The smallest absolute Gasteiger partial charge is 0.338 e. The van der Waals surface area contributed by atoms with Crippen LogP contribution in [0.2, 0.25) is 0 Å². The van der Waals surface area contributed by atoms with Gasteiger partial charge in [-0.15, -0.1) is 22.9 Å². The number of aryl methyl sites for hydroxylation is 1. The molecule has 1 atom stereocenters. The Labute approximate surface area is 239 Å². The monoisotopic (exact) mass is 613 g/mol. The van der Waals surface area contributed by atoms with Crippen molar-refractivity contribution in [3.63, 3.8) is 0 Å². The molecule has 4 rings (SSSR count). The van der Waals surface area contributed by atoms with Crippen molar-refractivity contribution in [1.29, 1.82) is 0 Å². The van der Waals surface area contributed by atoms with E-state index in [4.69, 9.17) is 11.6 Å². The Balaban J connectivity index is 1.66. The van der Waals surface area contributed by atoms with Crippen LogP contribution in [0.5, 0.6) is 0 Å². The molecule has 2 heterocycles. The summed E-state index contributed by atoms with van der Waals surface area (Å²) in [6.07, 6.45) is -4.67. The largest absolute Gasteiger partial charge is 0.416 e. The number of thiophene rings is 1. The number of carbonyl (C=O) groups excluding carboxylic acids is 2. The van der Waals surface area contributed by atoms with Crippen LogP contribution in [0.15, 0.2) is 64.9 Å². The van der Waals surface area contributed by atoms with Crippen molar-refractivity contribution >= 4 is 50.5 Å². The Morgan fingerprint density at radius 3 is 2.20 bits per heavy atom. The summed E-state index contributed by atoms with van der Waals surface area (Å²) in [6, 6.07) is 11.9.